The second-order valence-electron chi connectivity index (χ2n) is 8.19. The largest absolute Gasteiger partial charge is 0.493 e. The Kier molecular flexibility index (Phi) is 5.94. The second-order valence-corrected chi connectivity index (χ2v) is 8.19. The summed E-state index contributed by atoms with van der Waals surface area (Å²) in [6.07, 6.45) is 0.784. The standard InChI is InChI=1S/C24H25F2NO4/c1-30-22(28)9-4-15-2-5-16(6-3-15)17-7-8-21-19(12-17)20(10-11-31-21)27-23(29)18-13-24(25,26)14-18/h2-3,5-8,12,18,20H,4,9-11,13-14H2,1H3,(H,27,29). The highest BCUT2D eigenvalue weighted by atomic mass is 19.3. The highest BCUT2D eigenvalue weighted by Crippen LogP contribution is 2.43. The Morgan fingerprint density at radius 3 is 2.52 bits per heavy atom. The van der Waals surface area contributed by atoms with Crippen LogP contribution in [0.25, 0.3) is 11.1 Å². The molecule has 2 aromatic rings. The molecule has 0 spiro atoms. The van der Waals surface area contributed by atoms with Crippen LogP contribution < -0.4 is 10.1 Å². The molecule has 1 aliphatic heterocycles. The van der Waals surface area contributed by atoms with Crippen molar-refractivity contribution in [2.24, 2.45) is 5.92 Å². The van der Waals surface area contributed by atoms with Crippen LogP contribution in [0.1, 0.15) is 42.9 Å². The molecule has 31 heavy (non-hydrogen) atoms. The van der Waals surface area contributed by atoms with Gasteiger partial charge in [0.05, 0.1) is 19.8 Å². The lowest BCUT2D eigenvalue weighted by molar-refractivity contribution is -0.151. The molecule has 1 unspecified atom stereocenters. The van der Waals surface area contributed by atoms with Crippen molar-refractivity contribution in [3.63, 3.8) is 0 Å². The third kappa shape index (κ3) is 4.86. The zero-order valence-corrected chi connectivity index (χ0v) is 17.3. The molecule has 1 aliphatic carbocycles. The number of benzene rings is 2. The second kappa shape index (κ2) is 8.65. The number of alkyl halides is 2. The summed E-state index contributed by atoms with van der Waals surface area (Å²) in [5, 5.41) is 2.94. The average molecular weight is 429 g/mol. The number of rotatable bonds is 6. The van der Waals surface area contributed by atoms with Gasteiger partial charge in [0, 0.05) is 37.2 Å². The van der Waals surface area contributed by atoms with Gasteiger partial charge in [0.15, 0.2) is 0 Å². The number of carbonyl (C=O) groups excluding carboxylic acids is 2. The molecular weight excluding hydrogens is 404 g/mol. The van der Waals surface area contributed by atoms with Gasteiger partial charge in [0.25, 0.3) is 0 Å². The normalized spacial score (nSPS) is 19.5. The summed E-state index contributed by atoms with van der Waals surface area (Å²) in [5.74, 6) is -3.19. The molecule has 1 saturated carbocycles. The fourth-order valence-electron chi connectivity index (χ4n) is 4.07. The van der Waals surface area contributed by atoms with E-state index in [1.165, 1.54) is 7.11 Å². The molecule has 164 valence electrons. The Bertz CT molecular complexity index is 966. The van der Waals surface area contributed by atoms with Crippen molar-refractivity contribution >= 4 is 11.9 Å². The average Bonchev–Trinajstić information content (AvgIpc) is 2.76. The Balaban J connectivity index is 1.47. The fraction of sp³-hybridized carbons (Fsp3) is 0.417. The van der Waals surface area contributed by atoms with Crippen LogP contribution in [0.2, 0.25) is 0 Å². The SMILES string of the molecule is COC(=O)CCc1ccc(-c2ccc3c(c2)C(NC(=O)C2CC(F)(F)C2)CCO3)cc1. The fourth-order valence-corrected chi connectivity index (χ4v) is 4.07. The Morgan fingerprint density at radius 2 is 1.84 bits per heavy atom. The maximum absolute atomic E-state index is 13.1. The van der Waals surface area contributed by atoms with E-state index in [1.807, 2.05) is 42.5 Å². The first-order valence-corrected chi connectivity index (χ1v) is 10.5. The van der Waals surface area contributed by atoms with Gasteiger partial charge in [-0.25, -0.2) is 8.78 Å². The molecule has 7 heteroatoms. The first-order valence-electron chi connectivity index (χ1n) is 10.5. The summed E-state index contributed by atoms with van der Waals surface area (Å²) in [4.78, 5) is 23.7. The minimum Gasteiger partial charge on any atom is -0.493 e. The molecular formula is C24H25F2NO4. The van der Waals surface area contributed by atoms with E-state index in [1.54, 1.807) is 0 Å². The third-order valence-corrected chi connectivity index (χ3v) is 5.96. The number of fused-ring (bicyclic) bond motifs is 1. The van der Waals surface area contributed by atoms with Crippen molar-refractivity contribution in [3.05, 3.63) is 53.6 Å². The number of aryl methyl sites for hydroxylation is 1. The molecule has 2 aromatic carbocycles. The van der Waals surface area contributed by atoms with E-state index in [0.717, 1.165) is 22.3 Å². The summed E-state index contributed by atoms with van der Waals surface area (Å²) >= 11 is 0. The lowest BCUT2D eigenvalue weighted by Gasteiger charge is -2.35. The van der Waals surface area contributed by atoms with Crippen LogP contribution >= 0.6 is 0 Å². The molecule has 5 nitrogen and oxygen atoms in total. The van der Waals surface area contributed by atoms with Gasteiger partial charge in [-0.1, -0.05) is 30.3 Å². The van der Waals surface area contributed by atoms with Crippen molar-refractivity contribution in [2.45, 2.75) is 44.1 Å². The van der Waals surface area contributed by atoms with Gasteiger partial charge in [0.1, 0.15) is 5.75 Å². The topological polar surface area (TPSA) is 64.6 Å². The molecule has 0 bridgehead atoms. The molecule has 4 rings (SSSR count). The van der Waals surface area contributed by atoms with Crippen LogP contribution in [0.15, 0.2) is 42.5 Å². The summed E-state index contributed by atoms with van der Waals surface area (Å²) in [6.45, 7) is 0.465. The van der Waals surface area contributed by atoms with Crippen molar-refractivity contribution in [1.82, 2.24) is 5.32 Å². The van der Waals surface area contributed by atoms with Crippen LogP contribution in [0.5, 0.6) is 5.75 Å². The number of halogens is 2. The zero-order valence-electron chi connectivity index (χ0n) is 17.3. The highest BCUT2D eigenvalue weighted by Gasteiger charge is 2.49. The minimum atomic E-state index is -2.72. The Morgan fingerprint density at radius 1 is 1.13 bits per heavy atom. The zero-order chi connectivity index (χ0) is 22.0. The van der Waals surface area contributed by atoms with E-state index < -0.39 is 11.8 Å². The van der Waals surface area contributed by atoms with E-state index in [-0.39, 0.29) is 30.8 Å². The molecule has 0 saturated heterocycles. The molecule has 2 aliphatic rings. The molecule has 0 aromatic heterocycles. The van der Waals surface area contributed by atoms with E-state index in [0.29, 0.717) is 31.6 Å². The summed E-state index contributed by atoms with van der Waals surface area (Å²) in [6, 6.07) is 13.5. The minimum absolute atomic E-state index is 0.238. The monoisotopic (exact) mass is 429 g/mol. The van der Waals surface area contributed by atoms with Crippen molar-refractivity contribution < 1.29 is 27.8 Å². The van der Waals surface area contributed by atoms with Crippen LogP contribution in [0.3, 0.4) is 0 Å². The molecule has 1 N–H and O–H groups in total. The molecule has 0 radical (unpaired) electrons. The predicted molar refractivity (Wildman–Crippen MR) is 111 cm³/mol. The van der Waals surface area contributed by atoms with Crippen LogP contribution in [0.4, 0.5) is 8.78 Å². The van der Waals surface area contributed by atoms with Gasteiger partial charge in [-0.05, 0) is 35.2 Å². The number of hydrogen-bond donors (Lipinski definition) is 1. The number of carbonyl (C=O) groups is 2. The highest BCUT2D eigenvalue weighted by molar-refractivity contribution is 5.80. The lowest BCUT2D eigenvalue weighted by atomic mass is 9.80. The maximum Gasteiger partial charge on any atom is 0.305 e. The summed E-state index contributed by atoms with van der Waals surface area (Å²) in [7, 11) is 1.38. The first-order chi connectivity index (χ1) is 14.8. The molecule has 1 atom stereocenters. The number of nitrogens with one attached hydrogen (secondary N) is 1. The van der Waals surface area contributed by atoms with Gasteiger partial charge < -0.3 is 14.8 Å². The van der Waals surface area contributed by atoms with Crippen LogP contribution in [0, 0.1) is 5.92 Å². The molecule has 1 fully saturated rings. The van der Waals surface area contributed by atoms with E-state index in [9.17, 15) is 18.4 Å². The number of ether oxygens (including phenoxy) is 2. The van der Waals surface area contributed by atoms with Crippen LogP contribution in [-0.2, 0) is 20.7 Å². The molecule has 1 amide bonds. The Hall–Kier alpha value is -2.96. The van der Waals surface area contributed by atoms with Crippen molar-refractivity contribution in [2.75, 3.05) is 13.7 Å². The molecule has 1 heterocycles. The van der Waals surface area contributed by atoms with E-state index >= 15 is 0 Å². The number of esters is 1. The van der Waals surface area contributed by atoms with Gasteiger partial charge in [-0.3, -0.25) is 9.59 Å². The number of hydrogen-bond acceptors (Lipinski definition) is 4. The lowest BCUT2D eigenvalue weighted by Crippen LogP contribution is -2.46. The number of methoxy groups -OCH3 is 1. The van der Waals surface area contributed by atoms with E-state index in [2.05, 4.69) is 10.1 Å². The quantitative estimate of drug-likeness (QED) is 0.690. The Labute approximate surface area is 179 Å². The summed E-state index contributed by atoms with van der Waals surface area (Å²) in [5.41, 5.74) is 3.87. The van der Waals surface area contributed by atoms with Crippen LogP contribution in [-0.4, -0.2) is 31.5 Å². The van der Waals surface area contributed by atoms with Crippen molar-refractivity contribution in [3.8, 4) is 16.9 Å². The summed E-state index contributed by atoms with van der Waals surface area (Å²) < 4.78 is 36.6. The van der Waals surface area contributed by atoms with Gasteiger partial charge in [-0.2, -0.15) is 0 Å². The third-order valence-electron chi connectivity index (χ3n) is 5.96. The first kappa shape index (κ1) is 21.3. The maximum atomic E-state index is 13.1. The van der Waals surface area contributed by atoms with E-state index in [4.69, 9.17) is 4.74 Å². The van der Waals surface area contributed by atoms with Crippen molar-refractivity contribution in [1.29, 1.82) is 0 Å². The smallest absolute Gasteiger partial charge is 0.305 e. The predicted octanol–water partition coefficient (Wildman–Crippen LogP) is 4.44. The van der Waals surface area contributed by atoms with Gasteiger partial charge >= 0.3 is 5.97 Å². The van der Waals surface area contributed by atoms with Gasteiger partial charge in [-0.15, -0.1) is 0 Å². The van der Waals surface area contributed by atoms with Gasteiger partial charge in [0.2, 0.25) is 11.8 Å². The number of amides is 1.